The van der Waals surface area contributed by atoms with Gasteiger partial charge in [-0.1, -0.05) is 0 Å². The van der Waals surface area contributed by atoms with E-state index in [1.165, 1.54) is 17.4 Å². The summed E-state index contributed by atoms with van der Waals surface area (Å²) in [5.41, 5.74) is -0.102. The van der Waals surface area contributed by atoms with Crippen LogP contribution < -0.4 is 10.6 Å². The van der Waals surface area contributed by atoms with Crippen LogP contribution >= 0.6 is 0 Å². The van der Waals surface area contributed by atoms with Crippen LogP contribution in [-0.2, 0) is 4.79 Å². The molecule has 0 atom stereocenters. The predicted octanol–water partition coefficient (Wildman–Crippen LogP) is 2.57. The zero-order valence-corrected chi connectivity index (χ0v) is 10.7. The number of anilines is 1. The Labute approximate surface area is 116 Å². The van der Waals surface area contributed by atoms with E-state index in [-0.39, 0.29) is 11.3 Å². The first kappa shape index (κ1) is 16.9. The topological polar surface area (TPSA) is 58.2 Å². The number of halogens is 5. The van der Waals surface area contributed by atoms with Gasteiger partial charge in [-0.25, -0.2) is 0 Å². The minimum absolute atomic E-state index is 0.178. The molecule has 0 bridgehead atoms. The van der Waals surface area contributed by atoms with Gasteiger partial charge in [0.15, 0.2) is 0 Å². The number of carbonyl (C=O) groups is 2. The van der Waals surface area contributed by atoms with Gasteiger partial charge < -0.3 is 10.6 Å². The molecule has 0 heterocycles. The Balaban J connectivity index is 2.81. The van der Waals surface area contributed by atoms with E-state index in [0.29, 0.717) is 6.54 Å². The van der Waals surface area contributed by atoms with Crippen molar-refractivity contribution in [1.82, 2.24) is 5.32 Å². The highest BCUT2D eigenvalue weighted by Gasteiger charge is 2.63. The first-order valence-electron chi connectivity index (χ1n) is 5.74. The molecule has 1 rings (SSSR count). The molecule has 2 amide bonds. The van der Waals surface area contributed by atoms with Crippen molar-refractivity contribution in [3.8, 4) is 0 Å². The highest BCUT2D eigenvalue weighted by Crippen LogP contribution is 2.36. The van der Waals surface area contributed by atoms with Crippen LogP contribution in [0.15, 0.2) is 24.3 Å². The van der Waals surface area contributed by atoms with Crippen LogP contribution in [0.5, 0.6) is 0 Å². The van der Waals surface area contributed by atoms with Crippen molar-refractivity contribution in [3.05, 3.63) is 29.8 Å². The van der Waals surface area contributed by atoms with Crippen LogP contribution in [0.2, 0.25) is 0 Å². The van der Waals surface area contributed by atoms with Gasteiger partial charge in [-0.05, 0) is 31.2 Å². The number of benzene rings is 1. The third-order valence-electron chi connectivity index (χ3n) is 2.38. The lowest BCUT2D eigenvalue weighted by Gasteiger charge is -2.18. The first-order chi connectivity index (χ1) is 9.59. The van der Waals surface area contributed by atoms with E-state index >= 15 is 0 Å². The Morgan fingerprint density at radius 1 is 1.05 bits per heavy atom. The minimum atomic E-state index is -5.97. The van der Waals surface area contributed by atoms with Gasteiger partial charge in [0.1, 0.15) is 0 Å². The summed E-state index contributed by atoms with van der Waals surface area (Å²) >= 11 is 0. The van der Waals surface area contributed by atoms with Crippen molar-refractivity contribution >= 4 is 17.5 Å². The number of carbonyl (C=O) groups excluding carboxylic acids is 2. The largest absolute Gasteiger partial charge is 0.463 e. The highest BCUT2D eigenvalue weighted by atomic mass is 19.4. The first-order valence-corrected chi connectivity index (χ1v) is 5.74. The zero-order valence-electron chi connectivity index (χ0n) is 10.7. The summed E-state index contributed by atoms with van der Waals surface area (Å²) in [6, 6.07) is 4.47. The highest BCUT2D eigenvalue weighted by molar-refractivity contribution is 5.98. The van der Waals surface area contributed by atoms with Crippen LogP contribution in [0.25, 0.3) is 0 Å². The molecule has 0 aliphatic rings. The summed E-state index contributed by atoms with van der Waals surface area (Å²) in [4.78, 5) is 22.3. The smallest absolute Gasteiger partial charge is 0.352 e. The average molecular weight is 310 g/mol. The molecule has 0 aromatic heterocycles. The standard InChI is InChI=1S/C12H11F5N2O2/c1-2-18-9(20)7-3-5-8(6-4-7)19-10(21)11(13,14)12(15,16)17/h3-6H,2H2,1H3,(H,18,20)(H,19,21). The van der Waals surface area contributed by atoms with Gasteiger partial charge in [-0.15, -0.1) is 0 Å². The molecule has 1 aromatic carbocycles. The number of hydrogen-bond donors (Lipinski definition) is 2. The Hall–Kier alpha value is -2.19. The summed E-state index contributed by atoms with van der Waals surface area (Å²) in [6.07, 6.45) is -5.97. The molecule has 0 aliphatic carbocycles. The lowest BCUT2D eigenvalue weighted by atomic mass is 10.2. The Morgan fingerprint density at radius 2 is 1.57 bits per heavy atom. The molecule has 21 heavy (non-hydrogen) atoms. The number of nitrogens with one attached hydrogen (secondary N) is 2. The molecule has 0 unspecified atom stereocenters. The molecule has 0 aliphatic heterocycles. The third kappa shape index (κ3) is 3.89. The van der Waals surface area contributed by atoms with Gasteiger partial charge in [0.25, 0.3) is 5.91 Å². The van der Waals surface area contributed by atoms with Crippen molar-refractivity contribution in [1.29, 1.82) is 0 Å². The molecule has 1 aromatic rings. The molecular weight excluding hydrogens is 299 g/mol. The van der Waals surface area contributed by atoms with Crippen molar-refractivity contribution in [3.63, 3.8) is 0 Å². The van der Waals surface area contributed by atoms with Gasteiger partial charge in [-0.3, -0.25) is 9.59 Å². The van der Waals surface area contributed by atoms with Gasteiger partial charge in [0.05, 0.1) is 0 Å². The minimum Gasteiger partial charge on any atom is -0.352 e. The zero-order chi connectivity index (χ0) is 16.3. The quantitative estimate of drug-likeness (QED) is 0.840. The molecular formula is C12H11F5N2O2. The van der Waals surface area contributed by atoms with Gasteiger partial charge in [0, 0.05) is 17.8 Å². The maximum atomic E-state index is 12.7. The fraction of sp³-hybridized carbons (Fsp3) is 0.333. The average Bonchev–Trinajstić information content (AvgIpc) is 2.38. The monoisotopic (exact) mass is 310 g/mol. The molecule has 2 N–H and O–H groups in total. The summed E-state index contributed by atoms with van der Waals surface area (Å²) in [7, 11) is 0. The molecule has 0 saturated heterocycles. The van der Waals surface area contributed by atoms with E-state index in [1.54, 1.807) is 6.92 Å². The number of amides is 2. The van der Waals surface area contributed by atoms with E-state index in [2.05, 4.69) is 5.32 Å². The van der Waals surface area contributed by atoms with Crippen LogP contribution in [0.1, 0.15) is 17.3 Å². The fourth-order valence-corrected chi connectivity index (χ4v) is 1.31. The maximum absolute atomic E-state index is 12.7. The van der Waals surface area contributed by atoms with Crippen LogP contribution in [0.4, 0.5) is 27.6 Å². The summed E-state index contributed by atoms with van der Waals surface area (Å²) in [5.74, 6) is -8.41. The SMILES string of the molecule is CCNC(=O)c1ccc(NC(=O)C(F)(F)C(F)(F)F)cc1. The molecule has 0 radical (unpaired) electrons. The molecule has 116 valence electrons. The van der Waals surface area contributed by atoms with Crippen molar-refractivity contribution in [2.75, 3.05) is 11.9 Å². The maximum Gasteiger partial charge on any atom is 0.463 e. The van der Waals surface area contributed by atoms with E-state index in [9.17, 15) is 31.5 Å². The second-order valence-corrected chi connectivity index (χ2v) is 3.96. The number of hydrogen-bond acceptors (Lipinski definition) is 2. The lowest BCUT2D eigenvalue weighted by Crippen LogP contribution is -2.47. The van der Waals surface area contributed by atoms with Gasteiger partial charge in [0.2, 0.25) is 0 Å². The van der Waals surface area contributed by atoms with E-state index < -0.39 is 23.9 Å². The van der Waals surface area contributed by atoms with Crippen LogP contribution in [0, 0.1) is 0 Å². The van der Waals surface area contributed by atoms with Gasteiger partial charge in [-0.2, -0.15) is 22.0 Å². The van der Waals surface area contributed by atoms with E-state index in [4.69, 9.17) is 0 Å². The number of alkyl halides is 5. The Bertz CT molecular complexity index is 525. The summed E-state index contributed by atoms with van der Waals surface area (Å²) in [6.45, 7) is 2.06. The molecule has 9 heteroatoms. The predicted molar refractivity (Wildman–Crippen MR) is 64.1 cm³/mol. The molecule has 4 nitrogen and oxygen atoms in total. The summed E-state index contributed by atoms with van der Waals surface area (Å²) < 4.78 is 61.4. The Morgan fingerprint density at radius 3 is 2.00 bits per heavy atom. The van der Waals surface area contributed by atoms with Crippen molar-refractivity contribution in [2.24, 2.45) is 0 Å². The second-order valence-electron chi connectivity index (χ2n) is 3.96. The molecule has 0 fully saturated rings. The molecule has 0 spiro atoms. The third-order valence-corrected chi connectivity index (χ3v) is 2.38. The fourth-order valence-electron chi connectivity index (χ4n) is 1.31. The number of rotatable bonds is 4. The normalized spacial score (nSPS) is 11.9. The lowest BCUT2D eigenvalue weighted by molar-refractivity contribution is -0.267. The van der Waals surface area contributed by atoms with E-state index in [1.807, 2.05) is 0 Å². The van der Waals surface area contributed by atoms with Crippen LogP contribution in [-0.4, -0.2) is 30.5 Å². The second kappa shape index (κ2) is 6.06. The van der Waals surface area contributed by atoms with E-state index in [0.717, 1.165) is 12.1 Å². The van der Waals surface area contributed by atoms with Crippen molar-refractivity contribution < 1.29 is 31.5 Å². The Kier molecular flexibility index (Phi) is 4.87. The van der Waals surface area contributed by atoms with Crippen molar-refractivity contribution in [2.45, 2.75) is 19.0 Å². The van der Waals surface area contributed by atoms with Gasteiger partial charge >= 0.3 is 18.0 Å². The summed E-state index contributed by atoms with van der Waals surface area (Å²) in [5, 5.41) is 3.92. The molecule has 0 saturated carbocycles. The van der Waals surface area contributed by atoms with Crippen LogP contribution in [0.3, 0.4) is 0 Å².